The molecule has 0 heterocycles. The zero-order valence-corrected chi connectivity index (χ0v) is 32.6. The first-order valence-corrected chi connectivity index (χ1v) is 20.0. The molecule has 0 saturated heterocycles. The van der Waals surface area contributed by atoms with Crippen LogP contribution >= 0.6 is 0 Å². The van der Waals surface area contributed by atoms with Gasteiger partial charge in [-0.2, -0.15) is 0 Å². The number of rotatable bonds is 8. The molecule has 9 aliphatic rings. The van der Waals surface area contributed by atoms with E-state index in [-0.39, 0.29) is 71.0 Å². The highest BCUT2D eigenvalue weighted by Crippen LogP contribution is 2.93. The van der Waals surface area contributed by atoms with E-state index in [1.54, 1.807) is 14.2 Å². The van der Waals surface area contributed by atoms with Gasteiger partial charge >= 0.3 is 11.9 Å². The summed E-state index contributed by atoms with van der Waals surface area (Å²) in [6.07, 6.45) is 2.75. The molecule has 3 aromatic carbocycles. The predicted octanol–water partition coefficient (Wildman–Crippen LogP) is 5.82. The Kier molecular flexibility index (Phi) is 6.22. The van der Waals surface area contributed by atoms with E-state index in [0.717, 1.165) is 41.5 Å². The number of hydrogen-bond donors (Lipinski definition) is 0. The van der Waals surface area contributed by atoms with Crippen LogP contribution in [-0.4, -0.2) is 91.2 Å². The Bertz CT molecular complexity index is 2180. The second-order valence-corrected chi connectivity index (χ2v) is 17.9. The van der Waals surface area contributed by atoms with E-state index in [0.29, 0.717) is 11.1 Å². The molecule has 0 amide bonds. The van der Waals surface area contributed by atoms with Crippen molar-refractivity contribution >= 4 is 33.5 Å². The molecule has 9 aliphatic carbocycles. The van der Waals surface area contributed by atoms with E-state index in [4.69, 9.17) is 37.9 Å². The first-order valence-electron chi connectivity index (χ1n) is 20.0. The summed E-state index contributed by atoms with van der Waals surface area (Å²) in [5, 5.41) is 4.51. The Morgan fingerprint density at radius 3 is 1.27 bits per heavy atom. The summed E-state index contributed by atoms with van der Waals surface area (Å²) in [7, 11) is 13.9. The van der Waals surface area contributed by atoms with Crippen LogP contribution in [0.3, 0.4) is 0 Å². The van der Waals surface area contributed by atoms with Gasteiger partial charge in [-0.25, -0.2) is 9.59 Å². The lowest BCUT2D eigenvalue weighted by Gasteiger charge is -2.80. The van der Waals surface area contributed by atoms with E-state index in [9.17, 15) is 9.59 Å². The lowest BCUT2D eigenvalue weighted by molar-refractivity contribution is -0.432. The Morgan fingerprint density at radius 2 is 0.909 bits per heavy atom. The fourth-order valence-electron chi connectivity index (χ4n) is 17.7. The second kappa shape index (κ2) is 10.2. The van der Waals surface area contributed by atoms with Gasteiger partial charge in [0.25, 0.3) is 0 Å². The third-order valence-corrected chi connectivity index (χ3v) is 18.1. The van der Waals surface area contributed by atoms with Crippen molar-refractivity contribution < 1.29 is 47.5 Å². The lowest BCUT2D eigenvalue weighted by atomic mass is 9.30. The predicted molar refractivity (Wildman–Crippen MR) is 199 cm³/mol. The topological polar surface area (TPSA) is 108 Å². The maximum atomic E-state index is 13.4. The molecule has 0 unspecified atom stereocenters. The summed E-state index contributed by atoms with van der Waals surface area (Å²) in [6, 6.07) is 13.0. The van der Waals surface area contributed by atoms with Gasteiger partial charge in [0.2, 0.25) is 0 Å². The number of methoxy groups -OCH3 is 8. The Balaban J connectivity index is 1.04. The summed E-state index contributed by atoms with van der Waals surface area (Å²) in [6.45, 7) is 0. The molecule has 288 valence electrons. The summed E-state index contributed by atoms with van der Waals surface area (Å²) < 4.78 is 51.5. The van der Waals surface area contributed by atoms with Crippen LogP contribution < -0.4 is 9.47 Å². The molecule has 6 bridgehead atoms. The molecule has 0 N–H and O–H groups in total. The van der Waals surface area contributed by atoms with Crippen molar-refractivity contribution in [2.75, 3.05) is 56.9 Å². The van der Waals surface area contributed by atoms with Crippen molar-refractivity contribution in [1.82, 2.24) is 0 Å². The summed E-state index contributed by atoms with van der Waals surface area (Å²) >= 11 is 0. The maximum absolute atomic E-state index is 13.4. The van der Waals surface area contributed by atoms with Crippen molar-refractivity contribution in [3.8, 4) is 11.5 Å². The van der Waals surface area contributed by atoms with Gasteiger partial charge in [-0.15, -0.1) is 0 Å². The minimum atomic E-state index is -0.650. The van der Waals surface area contributed by atoms with Gasteiger partial charge < -0.3 is 37.9 Å². The first-order chi connectivity index (χ1) is 26.7. The smallest absolute Gasteiger partial charge is 0.334 e. The SMILES string of the molecule is COC(=O)C1=C(C(=O)OC)[C@H]2[C@@H]1[C@H]1C[C@@H]2[C@@]2(OC)[C@H]3[C@H]([C@H]4C[C@@H]3[C@@]3(OC)[C@H]5[C@H]([C@H]6C[C@@H]5c5c6c(OC)c6cc7ccccc7cc6c5OC)[C@@]43OC)[C@@]12OC. The van der Waals surface area contributed by atoms with E-state index in [1.165, 1.54) is 36.1 Å². The van der Waals surface area contributed by atoms with Crippen molar-refractivity contribution in [2.24, 2.45) is 59.2 Å². The molecular weight excluding hydrogens is 700 g/mol. The van der Waals surface area contributed by atoms with Gasteiger partial charge in [0.1, 0.15) is 33.9 Å². The summed E-state index contributed by atoms with van der Waals surface area (Å²) in [4.78, 5) is 26.7. The number of ether oxygens (including phenoxy) is 8. The number of fused-ring (bicyclic) bond motifs is 30. The van der Waals surface area contributed by atoms with Crippen LogP contribution in [0.1, 0.15) is 42.2 Å². The lowest BCUT2D eigenvalue weighted by Crippen LogP contribution is -2.91. The normalized spacial score (nSPS) is 46.3. The molecule has 12 rings (SSSR count). The van der Waals surface area contributed by atoms with Gasteiger partial charge in [-0.3, -0.25) is 0 Å². The standard InChI is InChI=1S/C45H48O10/c1-48-38-20-13-18-11-9-10-12-19(18)14-21(20)39(49-2)29-23-15-22(28(29)38)34-35(23)45(55-8)27-17-26(44(34,45)54-7)36-37(27)43(53-6)25-16-24(42(36,43)52-5)30-31(25)33(41(47)51-4)32(30)40(46)50-3/h9-14,22-27,30-31,34-37H,15-17H2,1-8H3/t22-,23+,24+,25-,26+,27-,30-,31+,34-,35+,36-,37+,42-,43+,44-,45+. The van der Waals surface area contributed by atoms with Crippen LogP contribution in [0.5, 0.6) is 11.5 Å². The fourth-order valence-corrected chi connectivity index (χ4v) is 17.7. The van der Waals surface area contributed by atoms with Crippen LogP contribution in [0.2, 0.25) is 0 Å². The minimum Gasteiger partial charge on any atom is -0.496 e. The molecule has 0 aromatic heterocycles. The molecule has 0 aliphatic heterocycles. The first kappa shape index (κ1) is 33.4. The number of hydrogen-bond acceptors (Lipinski definition) is 10. The number of carbonyl (C=O) groups excluding carboxylic acids is 2. The third kappa shape index (κ3) is 2.90. The highest BCUT2D eigenvalue weighted by atomic mass is 16.6. The molecule has 7 saturated carbocycles. The average molecular weight is 749 g/mol. The molecule has 0 radical (unpaired) electrons. The summed E-state index contributed by atoms with van der Waals surface area (Å²) in [5.74, 6) is 2.14. The molecule has 7 fully saturated rings. The average Bonchev–Trinajstić information content (AvgIpc) is 3.99. The highest BCUT2D eigenvalue weighted by Gasteiger charge is 3.00. The van der Waals surface area contributed by atoms with Gasteiger partial charge in [-0.1, -0.05) is 24.3 Å². The van der Waals surface area contributed by atoms with Gasteiger partial charge in [0.05, 0.1) is 39.6 Å². The van der Waals surface area contributed by atoms with E-state index < -0.39 is 34.3 Å². The molecule has 55 heavy (non-hydrogen) atoms. The van der Waals surface area contributed by atoms with E-state index >= 15 is 0 Å². The largest absolute Gasteiger partial charge is 0.496 e. The van der Waals surface area contributed by atoms with Crippen molar-refractivity contribution in [1.29, 1.82) is 0 Å². The zero-order valence-electron chi connectivity index (χ0n) is 32.6. The fraction of sp³-hybridized carbons (Fsp3) is 0.600. The Labute approximate surface area is 320 Å². The van der Waals surface area contributed by atoms with E-state index in [1.807, 2.05) is 28.4 Å². The molecule has 16 atom stereocenters. The quantitative estimate of drug-likeness (QED) is 0.121. The van der Waals surface area contributed by atoms with Crippen LogP contribution in [0.25, 0.3) is 21.5 Å². The Morgan fingerprint density at radius 1 is 0.527 bits per heavy atom. The van der Waals surface area contributed by atoms with Crippen LogP contribution in [0.4, 0.5) is 0 Å². The van der Waals surface area contributed by atoms with E-state index in [2.05, 4.69) is 36.4 Å². The Hall–Kier alpha value is -3.70. The molecule has 3 aromatic rings. The van der Waals surface area contributed by atoms with Gasteiger partial charge in [0.15, 0.2) is 0 Å². The van der Waals surface area contributed by atoms with Gasteiger partial charge in [0, 0.05) is 85.8 Å². The van der Waals surface area contributed by atoms with Crippen LogP contribution in [-0.2, 0) is 38.0 Å². The number of esters is 2. The molecule has 0 spiro atoms. The van der Waals surface area contributed by atoms with Crippen molar-refractivity contribution in [3.63, 3.8) is 0 Å². The number of carbonyl (C=O) groups is 2. The van der Waals surface area contributed by atoms with Crippen molar-refractivity contribution in [2.45, 2.75) is 53.5 Å². The highest BCUT2D eigenvalue weighted by molar-refractivity contribution is 6.06. The molecule has 10 heteroatoms. The molecule has 10 nitrogen and oxygen atoms in total. The maximum Gasteiger partial charge on any atom is 0.334 e. The number of benzene rings is 3. The minimum absolute atomic E-state index is 0.0106. The van der Waals surface area contributed by atoms with Crippen molar-refractivity contribution in [3.05, 3.63) is 58.7 Å². The van der Waals surface area contributed by atoms with Gasteiger partial charge in [-0.05, 0) is 77.7 Å². The van der Waals surface area contributed by atoms with Crippen LogP contribution in [0, 0.1) is 59.2 Å². The van der Waals surface area contributed by atoms with Crippen LogP contribution in [0.15, 0.2) is 47.5 Å². The second-order valence-electron chi connectivity index (χ2n) is 17.9. The zero-order chi connectivity index (χ0) is 37.9. The third-order valence-electron chi connectivity index (χ3n) is 18.1. The summed E-state index contributed by atoms with van der Waals surface area (Å²) in [5.41, 5.74) is 1.08. The monoisotopic (exact) mass is 748 g/mol. The molecular formula is C45H48O10.